The van der Waals surface area contributed by atoms with Gasteiger partial charge in [0.1, 0.15) is 0 Å². The Morgan fingerprint density at radius 1 is 0.636 bits per heavy atom. The van der Waals surface area contributed by atoms with E-state index in [4.69, 9.17) is 0 Å². The van der Waals surface area contributed by atoms with Gasteiger partial charge >= 0.3 is 0 Å². The molecule has 0 saturated heterocycles. The van der Waals surface area contributed by atoms with Gasteiger partial charge in [0.25, 0.3) is 0 Å². The van der Waals surface area contributed by atoms with Gasteiger partial charge in [-0.25, -0.2) is 0 Å². The average molecular weight is 296 g/mol. The summed E-state index contributed by atoms with van der Waals surface area (Å²) >= 11 is 0. The first kappa shape index (κ1) is 17.8. The first-order valence-corrected chi connectivity index (χ1v) is 7.72. The SMILES string of the molecule is CCCC.Cc1ccc(C(=O)C(=O)c2ccc(C)cc2)cc1. The van der Waals surface area contributed by atoms with E-state index in [2.05, 4.69) is 13.8 Å². The molecule has 0 atom stereocenters. The molecule has 2 aromatic rings. The summed E-state index contributed by atoms with van der Waals surface area (Å²) in [5, 5.41) is 0. The van der Waals surface area contributed by atoms with E-state index in [1.165, 1.54) is 12.8 Å². The van der Waals surface area contributed by atoms with Crippen molar-refractivity contribution in [2.24, 2.45) is 0 Å². The molecular weight excluding hydrogens is 272 g/mol. The zero-order valence-corrected chi connectivity index (χ0v) is 13.8. The van der Waals surface area contributed by atoms with E-state index in [1.54, 1.807) is 24.3 Å². The maximum Gasteiger partial charge on any atom is 0.233 e. The molecule has 0 aliphatic rings. The summed E-state index contributed by atoms with van der Waals surface area (Å²) < 4.78 is 0. The summed E-state index contributed by atoms with van der Waals surface area (Å²) in [6, 6.07) is 14.1. The molecule has 0 amide bonds. The van der Waals surface area contributed by atoms with E-state index >= 15 is 0 Å². The Labute approximate surface area is 133 Å². The van der Waals surface area contributed by atoms with Crippen molar-refractivity contribution in [2.45, 2.75) is 40.5 Å². The molecule has 116 valence electrons. The zero-order chi connectivity index (χ0) is 16.5. The fraction of sp³-hybridized carbons (Fsp3) is 0.300. The van der Waals surface area contributed by atoms with Crippen LogP contribution >= 0.6 is 0 Å². The molecule has 0 fully saturated rings. The maximum absolute atomic E-state index is 12.0. The summed E-state index contributed by atoms with van der Waals surface area (Å²) in [5.74, 6) is -0.919. The van der Waals surface area contributed by atoms with Crippen LogP contribution in [0.4, 0.5) is 0 Å². The molecule has 2 heteroatoms. The second-order valence-electron chi connectivity index (χ2n) is 5.39. The number of carbonyl (C=O) groups excluding carboxylic acids is 2. The summed E-state index contributed by atoms with van der Waals surface area (Å²) in [7, 11) is 0. The summed E-state index contributed by atoms with van der Waals surface area (Å²) in [6.07, 6.45) is 2.64. The third kappa shape index (κ3) is 5.28. The van der Waals surface area contributed by atoms with Crippen LogP contribution in [-0.4, -0.2) is 11.6 Å². The van der Waals surface area contributed by atoms with Crippen LogP contribution in [0.3, 0.4) is 0 Å². The fourth-order valence-corrected chi connectivity index (χ4v) is 1.67. The highest BCUT2D eigenvalue weighted by Crippen LogP contribution is 2.10. The van der Waals surface area contributed by atoms with Crippen LogP contribution in [0.25, 0.3) is 0 Å². The van der Waals surface area contributed by atoms with Crippen molar-refractivity contribution in [3.63, 3.8) is 0 Å². The second-order valence-corrected chi connectivity index (χ2v) is 5.39. The topological polar surface area (TPSA) is 34.1 Å². The molecule has 0 radical (unpaired) electrons. The van der Waals surface area contributed by atoms with Crippen LogP contribution in [0.1, 0.15) is 58.5 Å². The van der Waals surface area contributed by atoms with Crippen molar-refractivity contribution in [1.29, 1.82) is 0 Å². The van der Waals surface area contributed by atoms with Gasteiger partial charge in [-0.3, -0.25) is 9.59 Å². The molecule has 0 N–H and O–H groups in total. The van der Waals surface area contributed by atoms with Crippen LogP contribution in [0.15, 0.2) is 48.5 Å². The lowest BCUT2D eigenvalue weighted by Crippen LogP contribution is -2.14. The summed E-state index contributed by atoms with van der Waals surface area (Å²) in [6.45, 7) is 8.24. The molecule has 2 rings (SSSR count). The molecule has 2 nitrogen and oxygen atoms in total. The van der Waals surface area contributed by atoms with E-state index in [0.29, 0.717) is 11.1 Å². The number of aryl methyl sites for hydroxylation is 2. The highest BCUT2D eigenvalue weighted by atomic mass is 16.2. The molecule has 0 saturated carbocycles. The molecule has 0 spiro atoms. The second kappa shape index (κ2) is 8.93. The van der Waals surface area contributed by atoms with Crippen LogP contribution < -0.4 is 0 Å². The predicted molar refractivity (Wildman–Crippen MR) is 91.6 cm³/mol. The molecule has 2 aromatic carbocycles. The molecule has 0 unspecified atom stereocenters. The molecular formula is C20H24O2. The monoisotopic (exact) mass is 296 g/mol. The van der Waals surface area contributed by atoms with Gasteiger partial charge in [-0.05, 0) is 13.8 Å². The first-order chi connectivity index (χ1) is 10.5. The Hall–Kier alpha value is -2.22. The molecule has 22 heavy (non-hydrogen) atoms. The molecule has 0 aliphatic heterocycles. The lowest BCUT2D eigenvalue weighted by Gasteiger charge is -2.02. The van der Waals surface area contributed by atoms with Crippen molar-refractivity contribution in [1.82, 2.24) is 0 Å². The Morgan fingerprint density at radius 2 is 0.909 bits per heavy atom. The van der Waals surface area contributed by atoms with E-state index in [-0.39, 0.29) is 0 Å². The number of unbranched alkanes of at least 4 members (excludes halogenated alkanes) is 1. The van der Waals surface area contributed by atoms with Crippen LogP contribution in [0.2, 0.25) is 0 Å². The zero-order valence-electron chi connectivity index (χ0n) is 13.8. The minimum absolute atomic E-state index is 0.436. The summed E-state index contributed by atoms with van der Waals surface area (Å²) in [5.41, 5.74) is 3.00. The van der Waals surface area contributed by atoms with Gasteiger partial charge in [0, 0.05) is 11.1 Å². The van der Waals surface area contributed by atoms with Gasteiger partial charge in [-0.1, -0.05) is 86.3 Å². The number of Topliss-reactive ketones (excluding diaryl/α,β-unsaturated/α-hetero) is 2. The number of hydrogen-bond donors (Lipinski definition) is 0. The van der Waals surface area contributed by atoms with Crippen LogP contribution in [0, 0.1) is 13.8 Å². The van der Waals surface area contributed by atoms with Crippen LogP contribution in [0.5, 0.6) is 0 Å². The highest BCUT2D eigenvalue weighted by molar-refractivity contribution is 6.49. The number of rotatable bonds is 4. The number of benzene rings is 2. The largest absolute Gasteiger partial charge is 0.285 e. The van der Waals surface area contributed by atoms with E-state index in [0.717, 1.165) is 11.1 Å². The van der Waals surface area contributed by atoms with Gasteiger partial charge in [-0.15, -0.1) is 0 Å². The van der Waals surface area contributed by atoms with Gasteiger partial charge in [0.15, 0.2) is 0 Å². The van der Waals surface area contributed by atoms with Crippen molar-refractivity contribution < 1.29 is 9.59 Å². The third-order valence-corrected chi connectivity index (χ3v) is 3.33. The minimum atomic E-state index is -0.459. The molecule has 0 aromatic heterocycles. The molecule has 0 heterocycles. The Kier molecular flexibility index (Phi) is 7.24. The molecule has 0 bridgehead atoms. The maximum atomic E-state index is 12.0. The van der Waals surface area contributed by atoms with Gasteiger partial charge in [-0.2, -0.15) is 0 Å². The normalized spacial score (nSPS) is 9.64. The first-order valence-electron chi connectivity index (χ1n) is 7.72. The van der Waals surface area contributed by atoms with Gasteiger partial charge < -0.3 is 0 Å². The number of carbonyl (C=O) groups is 2. The van der Waals surface area contributed by atoms with E-state index < -0.39 is 11.6 Å². The smallest absolute Gasteiger partial charge is 0.233 e. The number of hydrogen-bond acceptors (Lipinski definition) is 2. The minimum Gasteiger partial charge on any atom is -0.285 e. The lowest BCUT2D eigenvalue weighted by molar-refractivity contribution is 0.0817. The summed E-state index contributed by atoms with van der Waals surface area (Å²) in [4.78, 5) is 24.0. The Morgan fingerprint density at radius 3 is 1.14 bits per heavy atom. The van der Waals surface area contributed by atoms with E-state index in [1.807, 2.05) is 38.1 Å². The quantitative estimate of drug-likeness (QED) is 0.575. The third-order valence-electron chi connectivity index (χ3n) is 3.33. The molecule has 0 aliphatic carbocycles. The van der Waals surface area contributed by atoms with Crippen molar-refractivity contribution in [2.75, 3.05) is 0 Å². The van der Waals surface area contributed by atoms with Crippen molar-refractivity contribution in [3.05, 3.63) is 70.8 Å². The van der Waals surface area contributed by atoms with Crippen LogP contribution in [-0.2, 0) is 0 Å². The Balaban J connectivity index is 0.000000541. The average Bonchev–Trinajstić information content (AvgIpc) is 2.55. The van der Waals surface area contributed by atoms with E-state index in [9.17, 15) is 9.59 Å². The Bertz CT molecular complexity index is 550. The van der Waals surface area contributed by atoms with Crippen molar-refractivity contribution in [3.8, 4) is 0 Å². The predicted octanol–water partition coefficient (Wildman–Crippen LogP) is 5.18. The lowest BCUT2D eigenvalue weighted by atomic mass is 10.00. The standard InChI is InChI=1S/C16H14O2.C4H10/c1-11-3-7-13(8-4-11)15(17)16(18)14-9-5-12(2)6-10-14;1-3-4-2/h3-10H,1-2H3;3-4H2,1-2H3. The number of ketones is 2. The fourth-order valence-electron chi connectivity index (χ4n) is 1.67. The van der Waals surface area contributed by atoms with Crippen molar-refractivity contribution >= 4 is 11.6 Å². The highest BCUT2D eigenvalue weighted by Gasteiger charge is 2.17. The van der Waals surface area contributed by atoms with Gasteiger partial charge in [0.05, 0.1) is 0 Å². The van der Waals surface area contributed by atoms with Gasteiger partial charge in [0.2, 0.25) is 11.6 Å².